The van der Waals surface area contributed by atoms with Crippen LogP contribution in [-0.4, -0.2) is 13.3 Å². The maximum absolute atomic E-state index is 12.8. The molecule has 0 saturated heterocycles. The molecule has 5 heteroatoms. The van der Waals surface area contributed by atoms with E-state index in [-0.39, 0.29) is 5.43 Å². The standard InChI is InChI=1S/C19H17BrN2O2/c1-10-6-14-17(23)11(2)18(24-19(14)15(20)7-10)12-4-5-16(21)13(8-12)9-22-3/h4-9H,21H2,1-3H3. The molecule has 4 nitrogen and oxygen atoms in total. The topological polar surface area (TPSA) is 68.6 Å². The molecule has 0 bridgehead atoms. The third kappa shape index (κ3) is 2.76. The van der Waals surface area contributed by atoms with Gasteiger partial charge in [-0.25, -0.2) is 0 Å². The van der Waals surface area contributed by atoms with E-state index in [1.807, 2.05) is 31.2 Å². The van der Waals surface area contributed by atoms with Gasteiger partial charge in [0.15, 0.2) is 11.0 Å². The molecular weight excluding hydrogens is 368 g/mol. The van der Waals surface area contributed by atoms with Gasteiger partial charge in [-0.2, -0.15) is 0 Å². The van der Waals surface area contributed by atoms with E-state index >= 15 is 0 Å². The molecule has 0 saturated carbocycles. The number of hydrogen-bond donors (Lipinski definition) is 1. The van der Waals surface area contributed by atoms with Crippen LogP contribution in [0.25, 0.3) is 22.3 Å². The van der Waals surface area contributed by atoms with Gasteiger partial charge in [0.2, 0.25) is 0 Å². The van der Waals surface area contributed by atoms with Crippen LogP contribution in [0.15, 0.2) is 49.0 Å². The Hall–Kier alpha value is -2.40. The number of rotatable bonds is 2. The summed E-state index contributed by atoms with van der Waals surface area (Å²) in [7, 11) is 1.69. The Bertz CT molecular complexity index is 1040. The van der Waals surface area contributed by atoms with Crippen molar-refractivity contribution >= 4 is 38.8 Å². The van der Waals surface area contributed by atoms with Crippen molar-refractivity contribution in [2.75, 3.05) is 12.8 Å². The molecule has 0 aliphatic heterocycles. The summed E-state index contributed by atoms with van der Waals surface area (Å²) in [4.78, 5) is 16.8. The molecular formula is C19H17BrN2O2. The third-order valence-corrected chi connectivity index (χ3v) is 4.52. The Balaban J connectivity index is 2.33. The smallest absolute Gasteiger partial charge is 0.196 e. The Morgan fingerprint density at radius 2 is 1.96 bits per heavy atom. The molecule has 0 spiro atoms. The highest BCUT2D eigenvalue weighted by Gasteiger charge is 2.15. The Morgan fingerprint density at radius 3 is 2.67 bits per heavy atom. The number of hydrogen-bond acceptors (Lipinski definition) is 4. The molecule has 3 aromatic rings. The van der Waals surface area contributed by atoms with Crippen molar-refractivity contribution in [2.24, 2.45) is 4.99 Å². The molecule has 24 heavy (non-hydrogen) atoms. The second kappa shape index (κ2) is 6.24. The lowest BCUT2D eigenvalue weighted by Crippen LogP contribution is -2.08. The number of benzene rings is 2. The predicted molar refractivity (Wildman–Crippen MR) is 103 cm³/mol. The fraction of sp³-hybridized carbons (Fsp3) is 0.158. The molecule has 0 aliphatic carbocycles. The molecule has 0 unspecified atom stereocenters. The van der Waals surface area contributed by atoms with Crippen LogP contribution < -0.4 is 11.2 Å². The van der Waals surface area contributed by atoms with E-state index in [1.165, 1.54) is 0 Å². The first-order valence-electron chi connectivity index (χ1n) is 7.48. The highest BCUT2D eigenvalue weighted by atomic mass is 79.9. The molecule has 1 aromatic heterocycles. The van der Waals surface area contributed by atoms with Crippen molar-refractivity contribution in [3.05, 3.63) is 61.7 Å². The van der Waals surface area contributed by atoms with E-state index in [0.29, 0.717) is 28.0 Å². The van der Waals surface area contributed by atoms with Crippen LogP contribution in [0.3, 0.4) is 0 Å². The van der Waals surface area contributed by atoms with Gasteiger partial charge in [0, 0.05) is 35.6 Å². The number of fused-ring (bicyclic) bond motifs is 1. The average molecular weight is 385 g/mol. The number of nitrogens with two attached hydrogens (primary N) is 1. The van der Waals surface area contributed by atoms with E-state index in [0.717, 1.165) is 21.2 Å². The highest BCUT2D eigenvalue weighted by Crippen LogP contribution is 2.31. The summed E-state index contributed by atoms with van der Waals surface area (Å²) >= 11 is 3.49. The van der Waals surface area contributed by atoms with Crippen LogP contribution >= 0.6 is 15.9 Å². The lowest BCUT2D eigenvalue weighted by molar-refractivity contribution is 0.612. The van der Waals surface area contributed by atoms with E-state index < -0.39 is 0 Å². The number of nitrogens with zero attached hydrogens (tertiary/aromatic N) is 1. The maximum Gasteiger partial charge on any atom is 0.196 e. The second-order valence-corrected chi connectivity index (χ2v) is 6.59. The molecule has 3 rings (SSSR count). The number of nitrogen functional groups attached to an aromatic ring is 1. The summed E-state index contributed by atoms with van der Waals surface area (Å²) in [5.41, 5.74) is 10.3. The minimum absolute atomic E-state index is 0.0295. The fourth-order valence-electron chi connectivity index (χ4n) is 2.73. The maximum atomic E-state index is 12.8. The van der Waals surface area contributed by atoms with Crippen LogP contribution in [0.4, 0.5) is 5.69 Å². The van der Waals surface area contributed by atoms with Crippen LogP contribution in [0.5, 0.6) is 0 Å². The van der Waals surface area contributed by atoms with Gasteiger partial charge in [0.05, 0.1) is 9.86 Å². The Kier molecular flexibility index (Phi) is 4.28. The molecule has 0 radical (unpaired) electrons. The highest BCUT2D eigenvalue weighted by molar-refractivity contribution is 9.10. The largest absolute Gasteiger partial charge is 0.454 e. The first kappa shape index (κ1) is 16.5. The number of aryl methyl sites for hydroxylation is 1. The monoisotopic (exact) mass is 384 g/mol. The number of halogens is 1. The van der Waals surface area contributed by atoms with Crippen molar-refractivity contribution < 1.29 is 4.42 Å². The van der Waals surface area contributed by atoms with Gasteiger partial charge in [-0.05, 0) is 65.7 Å². The van der Waals surface area contributed by atoms with Gasteiger partial charge in [0.1, 0.15) is 5.76 Å². The molecule has 2 N–H and O–H groups in total. The molecule has 0 amide bonds. The normalized spacial score (nSPS) is 11.5. The van der Waals surface area contributed by atoms with Crippen molar-refractivity contribution in [3.8, 4) is 11.3 Å². The third-order valence-electron chi connectivity index (χ3n) is 3.94. The average Bonchev–Trinajstić information content (AvgIpc) is 2.54. The van der Waals surface area contributed by atoms with E-state index in [1.54, 1.807) is 26.3 Å². The first-order chi connectivity index (χ1) is 11.4. The summed E-state index contributed by atoms with van der Waals surface area (Å²) in [6, 6.07) is 9.30. The Morgan fingerprint density at radius 1 is 1.21 bits per heavy atom. The summed E-state index contributed by atoms with van der Waals surface area (Å²) < 4.78 is 6.85. The minimum atomic E-state index is -0.0295. The second-order valence-electron chi connectivity index (χ2n) is 5.74. The zero-order valence-corrected chi connectivity index (χ0v) is 15.3. The van der Waals surface area contributed by atoms with Crippen LogP contribution in [0.2, 0.25) is 0 Å². The fourth-order valence-corrected chi connectivity index (χ4v) is 3.38. The van der Waals surface area contributed by atoms with Crippen LogP contribution in [0.1, 0.15) is 16.7 Å². The van der Waals surface area contributed by atoms with Crippen LogP contribution in [-0.2, 0) is 0 Å². The number of anilines is 1. The van der Waals surface area contributed by atoms with Gasteiger partial charge in [0.25, 0.3) is 0 Å². The van der Waals surface area contributed by atoms with Gasteiger partial charge in [-0.3, -0.25) is 9.79 Å². The summed E-state index contributed by atoms with van der Waals surface area (Å²) in [5, 5.41) is 0.578. The summed E-state index contributed by atoms with van der Waals surface area (Å²) in [6.45, 7) is 3.73. The minimum Gasteiger partial charge on any atom is -0.454 e. The van der Waals surface area contributed by atoms with Gasteiger partial charge in [-0.1, -0.05) is 0 Å². The van der Waals surface area contributed by atoms with Crippen LogP contribution in [0, 0.1) is 13.8 Å². The van der Waals surface area contributed by atoms with Crippen molar-refractivity contribution in [2.45, 2.75) is 13.8 Å². The molecule has 0 atom stereocenters. The molecule has 0 fully saturated rings. The van der Waals surface area contributed by atoms with Gasteiger partial charge < -0.3 is 10.2 Å². The quantitative estimate of drug-likeness (QED) is 0.523. The van der Waals surface area contributed by atoms with E-state index in [9.17, 15) is 4.79 Å². The van der Waals surface area contributed by atoms with Gasteiger partial charge >= 0.3 is 0 Å². The first-order valence-corrected chi connectivity index (χ1v) is 8.27. The number of aliphatic imine (C=N–C) groups is 1. The predicted octanol–water partition coefficient (Wildman–Crippen LogP) is 4.47. The lowest BCUT2D eigenvalue weighted by atomic mass is 10.0. The van der Waals surface area contributed by atoms with Gasteiger partial charge in [-0.15, -0.1) is 0 Å². The zero-order valence-electron chi connectivity index (χ0n) is 13.7. The van der Waals surface area contributed by atoms with Crippen molar-refractivity contribution in [3.63, 3.8) is 0 Å². The van der Waals surface area contributed by atoms with Crippen molar-refractivity contribution in [1.82, 2.24) is 0 Å². The zero-order chi connectivity index (χ0) is 17.4. The molecule has 1 heterocycles. The van der Waals surface area contributed by atoms with Crippen molar-refractivity contribution in [1.29, 1.82) is 0 Å². The lowest BCUT2D eigenvalue weighted by Gasteiger charge is -2.10. The van der Waals surface area contributed by atoms with E-state index in [2.05, 4.69) is 20.9 Å². The molecule has 0 aliphatic rings. The summed E-state index contributed by atoms with van der Waals surface area (Å²) in [6.07, 6.45) is 1.69. The van der Waals surface area contributed by atoms with E-state index in [4.69, 9.17) is 10.2 Å². The summed E-state index contributed by atoms with van der Waals surface area (Å²) in [5.74, 6) is 0.544. The molecule has 122 valence electrons. The SMILES string of the molecule is CN=Cc1cc(-c2oc3c(Br)cc(C)cc3c(=O)c2C)ccc1N. The Labute approximate surface area is 148 Å². The molecule has 2 aromatic carbocycles.